The van der Waals surface area contributed by atoms with Crippen LogP contribution in [0.25, 0.3) is 0 Å². The monoisotopic (exact) mass is 588 g/mol. The van der Waals surface area contributed by atoms with Gasteiger partial charge in [0.2, 0.25) is 0 Å². The van der Waals surface area contributed by atoms with Crippen LogP contribution in [-0.4, -0.2) is 57.1 Å². The fourth-order valence-electron chi connectivity index (χ4n) is 11.7. The topological polar surface area (TPSA) is 130 Å². The van der Waals surface area contributed by atoms with Crippen molar-refractivity contribution in [1.82, 2.24) is 0 Å². The van der Waals surface area contributed by atoms with Crippen molar-refractivity contribution >= 4 is 17.9 Å². The molecule has 42 heavy (non-hydrogen) atoms. The maximum Gasteiger partial charge on any atom is 0.312 e. The molecule has 0 aromatic rings. The molecule has 0 aliphatic heterocycles. The minimum absolute atomic E-state index is 0.0645. The zero-order valence-electron chi connectivity index (χ0n) is 26.7. The molecule has 0 aromatic carbocycles. The molecule has 0 saturated heterocycles. The van der Waals surface area contributed by atoms with Crippen LogP contribution < -0.4 is 0 Å². The number of carboxylic acid groups (broad SMARTS) is 1. The molecule has 0 amide bonds. The van der Waals surface area contributed by atoms with E-state index in [0.29, 0.717) is 24.7 Å². The Morgan fingerprint density at radius 3 is 2.02 bits per heavy atom. The number of hydrogen-bond donors (Lipinski definition) is 3. The Labute approximate surface area is 250 Å². The van der Waals surface area contributed by atoms with Gasteiger partial charge >= 0.3 is 17.9 Å². The first-order valence-corrected chi connectivity index (χ1v) is 16.0. The Morgan fingerprint density at radius 1 is 0.905 bits per heavy atom. The summed E-state index contributed by atoms with van der Waals surface area (Å²) in [5.41, 5.74) is -3.32. The third-order valence-electron chi connectivity index (χ3n) is 13.5. The molecule has 5 fully saturated rings. The van der Waals surface area contributed by atoms with Crippen LogP contribution in [0.5, 0.6) is 0 Å². The molecule has 0 bridgehead atoms. The average Bonchev–Trinajstić information content (AvgIpc) is 3.40. The number of aliphatic hydroxyl groups is 2. The maximum absolute atomic E-state index is 13.0. The highest BCUT2D eigenvalue weighted by molar-refractivity contribution is 5.77. The molecule has 0 unspecified atom stereocenters. The van der Waals surface area contributed by atoms with E-state index in [4.69, 9.17) is 9.47 Å². The van der Waals surface area contributed by atoms with Crippen molar-refractivity contribution in [2.24, 2.45) is 50.7 Å². The molecule has 3 N–H and O–H groups in total. The van der Waals surface area contributed by atoms with Gasteiger partial charge in [-0.15, -0.1) is 0 Å². The van der Waals surface area contributed by atoms with Crippen LogP contribution in [0, 0.1) is 50.7 Å². The summed E-state index contributed by atoms with van der Waals surface area (Å²) in [5, 5.41) is 32.0. The summed E-state index contributed by atoms with van der Waals surface area (Å²) in [4.78, 5) is 38.3. The second kappa shape index (κ2) is 9.79. The van der Waals surface area contributed by atoms with E-state index in [1.54, 1.807) is 20.8 Å². The number of ether oxygens (including phenoxy) is 2. The molecule has 5 saturated carbocycles. The Balaban J connectivity index is 1.61. The predicted molar refractivity (Wildman–Crippen MR) is 156 cm³/mol. The lowest BCUT2D eigenvalue weighted by Crippen LogP contribution is -2.69. The summed E-state index contributed by atoms with van der Waals surface area (Å²) in [6.45, 7) is 14.9. The van der Waals surface area contributed by atoms with Crippen molar-refractivity contribution in [2.75, 3.05) is 0 Å². The number of aliphatic hydroxyl groups excluding tert-OH is 1. The third-order valence-corrected chi connectivity index (χ3v) is 13.5. The van der Waals surface area contributed by atoms with E-state index >= 15 is 0 Å². The molecule has 8 heteroatoms. The molecule has 0 aromatic heterocycles. The standard InChI is InChI=1S/C34H52O8/c1-19(10-9-13-29(4,5)40)22-11-14-31(7)26-24(41-20(2)35)25(42-21(3)36)27-32(8,28(38)39)23(37)12-15-33(27)18-34(26,33)17-16-30(22,31)6/h9,13,19,22-27,37,40H,10-12,14-18H2,1-8H3,(H,38,39)/b13-9+/t19-,22-,23+,24-,25+,26-,27+,30-,31+,32-,33+,34-/m1/s1. The normalized spacial score (nSPS) is 48.3. The Morgan fingerprint density at radius 2 is 1.48 bits per heavy atom. The van der Waals surface area contributed by atoms with Crippen molar-refractivity contribution in [2.45, 2.75) is 131 Å². The SMILES string of the molecule is CC(=O)O[C@@H]1[C@H](OC(C)=O)[C@H]2[C@](C)(C(=O)O)[C@@H](O)CC[C@]23C[C@@]32CC[C@]3(C)[C@@H]([C@H](C)C/C=C/C(C)(C)O)CC[C@@]3(C)[C@@H]12. The molecule has 5 rings (SSSR count). The zero-order valence-corrected chi connectivity index (χ0v) is 26.7. The molecule has 0 heterocycles. The molecule has 5 aliphatic rings. The number of hydrogen-bond acceptors (Lipinski definition) is 7. The second-order valence-corrected chi connectivity index (χ2v) is 16.0. The lowest BCUT2D eigenvalue weighted by Gasteiger charge is -2.65. The number of esters is 2. The van der Waals surface area contributed by atoms with Gasteiger partial charge in [-0.2, -0.15) is 0 Å². The molecule has 2 spiro atoms. The van der Waals surface area contributed by atoms with Crippen LogP contribution in [0.4, 0.5) is 0 Å². The summed E-state index contributed by atoms with van der Waals surface area (Å²) in [7, 11) is 0. The van der Waals surface area contributed by atoms with Crippen LogP contribution in [0.1, 0.15) is 107 Å². The number of carbonyl (C=O) groups is 3. The van der Waals surface area contributed by atoms with Crippen LogP contribution >= 0.6 is 0 Å². The molecule has 0 radical (unpaired) electrons. The van der Waals surface area contributed by atoms with Crippen molar-refractivity contribution in [3.8, 4) is 0 Å². The summed E-state index contributed by atoms with van der Waals surface area (Å²) in [6, 6.07) is 0. The molecule has 5 aliphatic carbocycles. The first kappa shape index (κ1) is 31.5. The van der Waals surface area contributed by atoms with Gasteiger partial charge in [-0.05, 0) is 106 Å². The van der Waals surface area contributed by atoms with E-state index in [-0.39, 0.29) is 22.2 Å². The van der Waals surface area contributed by atoms with Crippen LogP contribution in [0.2, 0.25) is 0 Å². The summed E-state index contributed by atoms with van der Waals surface area (Å²) < 4.78 is 12.3. The van der Waals surface area contributed by atoms with Crippen molar-refractivity contribution in [1.29, 1.82) is 0 Å². The third kappa shape index (κ3) is 4.17. The van der Waals surface area contributed by atoms with Gasteiger partial charge < -0.3 is 24.8 Å². The van der Waals surface area contributed by atoms with E-state index in [1.165, 1.54) is 13.8 Å². The van der Waals surface area contributed by atoms with Crippen molar-refractivity contribution < 1.29 is 39.2 Å². The van der Waals surface area contributed by atoms with Gasteiger partial charge in [0.1, 0.15) is 12.2 Å². The fraction of sp³-hybridized carbons (Fsp3) is 0.853. The molecule has 12 atom stereocenters. The second-order valence-electron chi connectivity index (χ2n) is 16.0. The van der Waals surface area contributed by atoms with Crippen LogP contribution in [0.15, 0.2) is 12.2 Å². The average molecular weight is 589 g/mol. The minimum Gasteiger partial charge on any atom is -0.481 e. The number of allylic oxidation sites excluding steroid dienone is 1. The number of aliphatic carboxylic acids is 1. The van der Waals surface area contributed by atoms with E-state index in [0.717, 1.165) is 38.5 Å². The Bertz CT molecular complexity index is 1170. The Hall–Kier alpha value is -1.93. The molecular formula is C34H52O8. The van der Waals surface area contributed by atoms with Gasteiger partial charge in [0.15, 0.2) is 0 Å². The van der Waals surface area contributed by atoms with E-state index in [2.05, 4.69) is 26.8 Å². The van der Waals surface area contributed by atoms with E-state index in [9.17, 15) is 29.7 Å². The van der Waals surface area contributed by atoms with Crippen molar-refractivity contribution in [3.05, 3.63) is 12.2 Å². The number of carboxylic acids is 1. The predicted octanol–water partition coefficient (Wildman–Crippen LogP) is 5.29. The lowest BCUT2D eigenvalue weighted by molar-refractivity contribution is -0.259. The summed E-state index contributed by atoms with van der Waals surface area (Å²) in [6.07, 6.45) is 7.74. The quantitative estimate of drug-likeness (QED) is 0.270. The van der Waals surface area contributed by atoms with Gasteiger partial charge in [0.25, 0.3) is 0 Å². The first-order chi connectivity index (χ1) is 19.3. The van der Waals surface area contributed by atoms with Crippen LogP contribution in [-0.2, 0) is 23.9 Å². The maximum atomic E-state index is 13.0. The smallest absolute Gasteiger partial charge is 0.312 e. The van der Waals surface area contributed by atoms with Gasteiger partial charge in [0.05, 0.1) is 17.1 Å². The van der Waals surface area contributed by atoms with Gasteiger partial charge in [0, 0.05) is 25.7 Å². The number of fused-ring (bicyclic) bond motifs is 2. The molecule has 8 nitrogen and oxygen atoms in total. The highest BCUT2D eigenvalue weighted by Crippen LogP contribution is 2.89. The van der Waals surface area contributed by atoms with E-state index in [1.807, 2.05) is 6.08 Å². The fourth-order valence-corrected chi connectivity index (χ4v) is 11.7. The number of carbonyl (C=O) groups excluding carboxylic acids is 2. The van der Waals surface area contributed by atoms with Gasteiger partial charge in [-0.25, -0.2) is 0 Å². The molecular weight excluding hydrogens is 536 g/mol. The number of rotatable bonds is 7. The summed E-state index contributed by atoms with van der Waals surface area (Å²) >= 11 is 0. The van der Waals surface area contributed by atoms with E-state index < -0.39 is 58.6 Å². The van der Waals surface area contributed by atoms with Crippen LogP contribution in [0.3, 0.4) is 0 Å². The largest absolute Gasteiger partial charge is 0.481 e. The minimum atomic E-state index is -1.54. The summed E-state index contributed by atoms with van der Waals surface area (Å²) in [5.74, 6) is -2.05. The lowest BCUT2D eigenvalue weighted by atomic mass is 9.40. The van der Waals surface area contributed by atoms with Gasteiger partial charge in [-0.3, -0.25) is 14.4 Å². The highest BCUT2D eigenvalue weighted by atomic mass is 16.6. The Kier molecular flexibility index (Phi) is 7.34. The molecule has 236 valence electrons. The zero-order chi connectivity index (χ0) is 31.3. The van der Waals surface area contributed by atoms with Gasteiger partial charge in [-0.1, -0.05) is 32.9 Å². The van der Waals surface area contributed by atoms with Crippen molar-refractivity contribution in [3.63, 3.8) is 0 Å². The first-order valence-electron chi connectivity index (χ1n) is 16.0. The highest BCUT2D eigenvalue weighted by Gasteiger charge is 2.88.